The highest BCUT2D eigenvalue weighted by Gasteiger charge is 2.08. The summed E-state index contributed by atoms with van der Waals surface area (Å²) in [4.78, 5) is 4.58. The molecular formula is C10H15NO2. The minimum absolute atomic E-state index is 0.360. The number of hydrogen-bond donors (Lipinski definition) is 2. The first kappa shape index (κ1) is 10.0. The van der Waals surface area contributed by atoms with Gasteiger partial charge in [-0.2, -0.15) is 0 Å². The Kier molecular flexibility index (Phi) is 2.90. The van der Waals surface area contributed by atoms with Gasteiger partial charge >= 0.3 is 0 Å². The van der Waals surface area contributed by atoms with Crippen molar-refractivity contribution in [2.75, 3.05) is 0 Å². The Balaban J connectivity index is 3.24. The molecule has 0 aliphatic rings. The van der Waals surface area contributed by atoms with Gasteiger partial charge in [-0.3, -0.25) is 4.84 Å². The predicted molar refractivity (Wildman–Crippen MR) is 51.3 cm³/mol. The van der Waals surface area contributed by atoms with E-state index >= 15 is 0 Å². The lowest BCUT2D eigenvalue weighted by molar-refractivity contribution is 0.123. The lowest BCUT2D eigenvalue weighted by atomic mass is 9.99. The second-order valence-electron chi connectivity index (χ2n) is 3.26. The molecule has 0 fully saturated rings. The van der Waals surface area contributed by atoms with Crippen molar-refractivity contribution >= 4 is 0 Å². The molecule has 0 atom stereocenters. The van der Waals surface area contributed by atoms with Crippen molar-refractivity contribution in [3.05, 3.63) is 28.3 Å². The molecule has 1 aromatic carbocycles. The number of phenols is 1. The summed E-state index contributed by atoms with van der Waals surface area (Å²) in [6.45, 7) is 6.08. The summed E-state index contributed by atoms with van der Waals surface area (Å²) in [6, 6.07) is 1.89. The van der Waals surface area contributed by atoms with Gasteiger partial charge in [-0.25, -0.2) is 5.90 Å². The summed E-state index contributed by atoms with van der Waals surface area (Å²) in [6.07, 6.45) is 0. The molecule has 3 nitrogen and oxygen atoms in total. The number of benzene rings is 1. The minimum Gasteiger partial charge on any atom is -0.507 e. The molecule has 72 valence electrons. The van der Waals surface area contributed by atoms with Gasteiger partial charge in [0.1, 0.15) is 5.75 Å². The maximum Gasteiger partial charge on any atom is 0.121 e. The van der Waals surface area contributed by atoms with E-state index in [0.717, 1.165) is 22.3 Å². The van der Waals surface area contributed by atoms with Gasteiger partial charge < -0.3 is 5.11 Å². The molecule has 0 spiro atoms. The molecule has 1 rings (SSSR count). The molecule has 13 heavy (non-hydrogen) atoms. The fourth-order valence-corrected chi connectivity index (χ4v) is 1.39. The first-order valence-electron chi connectivity index (χ1n) is 4.18. The Labute approximate surface area is 78.1 Å². The summed E-state index contributed by atoms with van der Waals surface area (Å²) < 4.78 is 0. The zero-order valence-corrected chi connectivity index (χ0v) is 8.22. The number of phenolic OH excluding ortho intramolecular Hbond substituents is 1. The van der Waals surface area contributed by atoms with E-state index in [4.69, 9.17) is 5.90 Å². The first-order valence-corrected chi connectivity index (χ1v) is 4.18. The minimum atomic E-state index is 0.360. The molecule has 0 aliphatic carbocycles. The van der Waals surface area contributed by atoms with Crippen molar-refractivity contribution in [2.45, 2.75) is 27.4 Å². The third-order valence-electron chi connectivity index (χ3n) is 2.40. The Morgan fingerprint density at radius 1 is 1.31 bits per heavy atom. The van der Waals surface area contributed by atoms with E-state index in [1.165, 1.54) is 0 Å². The van der Waals surface area contributed by atoms with Crippen LogP contribution in [0.25, 0.3) is 0 Å². The molecular weight excluding hydrogens is 166 g/mol. The van der Waals surface area contributed by atoms with Gasteiger partial charge in [-0.05, 0) is 49.1 Å². The quantitative estimate of drug-likeness (QED) is 0.683. The Hall–Kier alpha value is -1.06. The molecule has 3 heteroatoms. The van der Waals surface area contributed by atoms with Crippen LogP contribution in [0.5, 0.6) is 5.75 Å². The topological polar surface area (TPSA) is 55.5 Å². The number of hydrogen-bond acceptors (Lipinski definition) is 3. The first-order chi connectivity index (χ1) is 6.07. The fraction of sp³-hybridized carbons (Fsp3) is 0.400. The Morgan fingerprint density at radius 2 is 1.92 bits per heavy atom. The van der Waals surface area contributed by atoms with E-state index in [1.54, 1.807) is 0 Å². The van der Waals surface area contributed by atoms with E-state index in [9.17, 15) is 5.11 Å². The van der Waals surface area contributed by atoms with E-state index < -0.39 is 0 Å². The van der Waals surface area contributed by atoms with Crippen molar-refractivity contribution in [2.24, 2.45) is 5.90 Å². The van der Waals surface area contributed by atoms with Crippen LogP contribution in [0.15, 0.2) is 6.07 Å². The van der Waals surface area contributed by atoms with Crippen molar-refractivity contribution in [1.29, 1.82) is 0 Å². The van der Waals surface area contributed by atoms with Crippen LogP contribution in [0, 0.1) is 20.8 Å². The van der Waals surface area contributed by atoms with Gasteiger partial charge in [-0.15, -0.1) is 0 Å². The smallest absolute Gasteiger partial charge is 0.121 e. The van der Waals surface area contributed by atoms with Gasteiger partial charge in [0.2, 0.25) is 0 Å². The van der Waals surface area contributed by atoms with Crippen LogP contribution >= 0.6 is 0 Å². The van der Waals surface area contributed by atoms with Gasteiger partial charge in [-0.1, -0.05) is 0 Å². The summed E-state index contributed by atoms with van der Waals surface area (Å²) >= 11 is 0. The van der Waals surface area contributed by atoms with Gasteiger partial charge in [0.15, 0.2) is 0 Å². The number of rotatable bonds is 2. The molecule has 0 aromatic heterocycles. The lowest BCUT2D eigenvalue weighted by Gasteiger charge is -2.11. The average molecular weight is 181 g/mol. The van der Waals surface area contributed by atoms with Gasteiger partial charge in [0, 0.05) is 0 Å². The van der Waals surface area contributed by atoms with E-state index in [0.29, 0.717) is 12.4 Å². The molecule has 0 heterocycles. The highest BCUT2D eigenvalue weighted by atomic mass is 16.6. The summed E-state index contributed by atoms with van der Waals surface area (Å²) in [5.74, 6) is 5.36. The highest BCUT2D eigenvalue weighted by molar-refractivity contribution is 5.47. The van der Waals surface area contributed by atoms with Crippen LogP contribution < -0.4 is 5.90 Å². The molecule has 0 radical (unpaired) electrons. The SMILES string of the molecule is Cc1cc(CON)c(C)c(C)c1O. The summed E-state index contributed by atoms with van der Waals surface area (Å²) in [5.41, 5.74) is 3.81. The molecule has 0 aliphatic heterocycles. The number of nitrogens with two attached hydrogens (primary N) is 1. The van der Waals surface area contributed by atoms with Crippen molar-refractivity contribution in [1.82, 2.24) is 0 Å². The second-order valence-corrected chi connectivity index (χ2v) is 3.26. The van der Waals surface area contributed by atoms with Crippen molar-refractivity contribution in [3.63, 3.8) is 0 Å². The van der Waals surface area contributed by atoms with Crippen molar-refractivity contribution in [3.8, 4) is 5.75 Å². The van der Waals surface area contributed by atoms with Gasteiger partial charge in [0.05, 0.1) is 6.61 Å². The lowest BCUT2D eigenvalue weighted by Crippen LogP contribution is -2.02. The van der Waals surface area contributed by atoms with Crippen LogP contribution in [0.2, 0.25) is 0 Å². The van der Waals surface area contributed by atoms with Gasteiger partial charge in [0.25, 0.3) is 0 Å². The number of aromatic hydroxyl groups is 1. The molecule has 0 unspecified atom stereocenters. The predicted octanol–water partition coefficient (Wildman–Crippen LogP) is 1.71. The van der Waals surface area contributed by atoms with Crippen LogP contribution in [0.4, 0.5) is 0 Å². The zero-order valence-electron chi connectivity index (χ0n) is 8.22. The number of aryl methyl sites for hydroxylation is 1. The normalized spacial score (nSPS) is 10.5. The summed E-state index contributed by atoms with van der Waals surface area (Å²) in [5, 5.41) is 9.61. The Morgan fingerprint density at radius 3 is 2.46 bits per heavy atom. The molecule has 0 saturated heterocycles. The largest absolute Gasteiger partial charge is 0.507 e. The zero-order chi connectivity index (χ0) is 10.0. The van der Waals surface area contributed by atoms with Crippen LogP contribution in [-0.2, 0) is 11.4 Å². The van der Waals surface area contributed by atoms with Crippen LogP contribution in [0.1, 0.15) is 22.3 Å². The van der Waals surface area contributed by atoms with E-state index in [-0.39, 0.29) is 0 Å². The Bertz CT molecular complexity index is 321. The highest BCUT2D eigenvalue weighted by Crippen LogP contribution is 2.27. The fourth-order valence-electron chi connectivity index (χ4n) is 1.39. The molecule has 0 bridgehead atoms. The van der Waals surface area contributed by atoms with Crippen LogP contribution in [0.3, 0.4) is 0 Å². The van der Waals surface area contributed by atoms with Crippen molar-refractivity contribution < 1.29 is 9.94 Å². The maximum absolute atomic E-state index is 9.61. The van der Waals surface area contributed by atoms with E-state index in [2.05, 4.69) is 4.84 Å². The molecule has 3 N–H and O–H groups in total. The molecule has 0 amide bonds. The monoisotopic (exact) mass is 181 g/mol. The van der Waals surface area contributed by atoms with E-state index in [1.807, 2.05) is 26.8 Å². The maximum atomic E-state index is 9.61. The standard InChI is InChI=1S/C10H15NO2/c1-6-4-9(5-13-11)7(2)8(3)10(6)12/h4,12H,5,11H2,1-3H3. The molecule has 1 aromatic rings. The van der Waals surface area contributed by atoms with Crippen LogP contribution in [-0.4, -0.2) is 5.11 Å². The summed E-state index contributed by atoms with van der Waals surface area (Å²) in [7, 11) is 0. The average Bonchev–Trinajstić information content (AvgIpc) is 2.11. The third kappa shape index (κ3) is 1.82. The third-order valence-corrected chi connectivity index (χ3v) is 2.40. The molecule has 0 saturated carbocycles. The second kappa shape index (κ2) is 3.77.